The molecular weight excluding hydrogens is 364 g/mol. The molecule has 2 atom stereocenters. The predicted octanol–water partition coefficient (Wildman–Crippen LogP) is 4.68. The Labute approximate surface area is 175 Å². The molecule has 2 rings (SSSR count). The van der Waals surface area contributed by atoms with Crippen molar-refractivity contribution in [3.8, 4) is 5.75 Å². The van der Waals surface area contributed by atoms with E-state index in [1.807, 2.05) is 52.8 Å². The van der Waals surface area contributed by atoms with Crippen LogP contribution in [0.3, 0.4) is 0 Å². The Morgan fingerprint density at radius 1 is 1.17 bits per heavy atom. The molecule has 1 heterocycles. The van der Waals surface area contributed by atoms with Crippen LogP contribution in [0.1, 0.15) is 66.4 Å². The first-order valence-electron chi connectivity index (χ1n) is 10.7. The van der Waals surface area contributed by atoms with Gasteiger partial charge in [0.25, 0.3) is 0 Å². The van der Waals surface area contributed by atoms with Gasteiger partial charge in [0.2, 0.25) is 5.91 Å². The quantitative estimate of drug-likeness (QED) is 0.579. The Morgan fingerprint density at radius 2 is 1.72 bits per heavy atom. The third-order valence-electron chi connectivity index (χ3n) is 6.03. The van der Waals surface area contributed by atoms with E-state index in [9.17, 15) is 15.1 Å². The van der Waals surface area contributed by atoms with Crippen LogP contribution in [0.25, 0.3) is 0 Å². The van der Waals surface area contributed by atoms with Gasteiger partial charge in [-0.1, -0.05) is 38.1 Å². The van der Waals surface area contributed by atoms with Crippen LogP contribution in [0.15, 0.2) is 36.4 Å². The molecule has 5 nitrogen and oxygen atoms in total. The maximum atomic E-state index is 12.7. The number of rotatable bonds is 7. The number of benzene rings is 1. The molecule has 2 unspecified atom stereocenters. The number of hydrogen-bond donors (Lipinski definition) is 3. The first-order chi connectivity index (χ1) is 13.4. The number of allylic oxidation sites excluding steroid dienone is 1. The van der Waals surface area contributed by atoms with Crippen molar-refractivity contribution in [1.29, 1.82) is 0 Å². The van der Waals surface area contributed by atoms with Gasteiger partial charge in [-0.25, -0.2) is 0 Å². The summed E-state index contributed by atoms with van der Waals surface area (Å²) in [6.07, 6.45) is 7.45. The summed E-state index contributed by atoms with van der Waals surface area (Å²) in [6, 6.07) is 7.36. The van der Waals surface area contributed by atoms with Crippen LogP contribution in [0.5, 0.6) is 5.75 Å². The van der Waals surface area contributed by atoms with Crippen molar-refractivity contribution in [1.82, 2.24) is 10.4 Å². The third kappa shape index (κ3) is 6.31. The lowest BCUT2D eigenvalue weighted by Gasteiger charge is -2.51. The molecule has 0 aliphatic carbocycles. The van der Waals surface area contributed by atoms with E-state index >= 15 is 0 Å². The van der Waals surface area contributed by atoms with E-state index in [1.54, 1.807) is 12.1 Å². The lowest BCUT2D eigenvalue weighted by atomic mass is 9.79. The van der Waals surface area contributed by atoms with Crippen LogP contribution < -0.4 is 5.32 Å². The molecule has 0 spiro atoms. The van der Waals surface area contributed by atoms with Gasteiger partial charge >= 0.3 is 0 Å². The van der Waals surface area contributed by atoms with E-state index in [-0.39, 0.29) is 34.7 Å². The number of amides is 1. The first-order valence-corrected chi connectivity index (χ1v) is 10.7. The zero-order valence-corrected chi connectivity index (χ0v) is 18.8. The number of hydroxylamine groups is 2. The molecule has 1 aromatic rings. The number of piperidine rings is 1. The summed E-state index contributed by atoms with van der Waals surface area (Å²) < 4.78 is 0. The highest BCUT2D eigenvalue weighted by Crippen LogP contribution is 2.36. The fraction of sp³-hybridized carbons (Fsp3) is 0.625. The minimum atomic E-state index is -0.379. The average molecular weight is 403 g/mol. The minimum absolute atomic E-state index is 0.0312. The van der Waals surface area contributed by atoms with Crippen LogP contribution in [0, 0.1) is 11.8 Å². The van der Waals surface area contributed by atoms with Gasteiger partial charge in [0, 0.05) is 17.1 Å². The van der Waals surface area contributed by atoms with Gasteiger partial charge in [-0.2, -0.15) is 5.06 Å². The minimum Gasteiger partial charge on any atom is -0.508 e. The number of phenolic OH excluding ortho intramolecular Hbond substituents is 1. The second kappa shape index (κ2) is 9.31. The van der Waals surface area contributed by atoms with Gasteiger partial charge in [-0.05, 0) is 77.0 Å². The summed E-state index contributed by atoms with van der Waals surface area (Å²) in [5.74, 6) is 0.456. The van der Waals surface area contributed by atoms with Gasteiger partial charge in [0.05, 0.1) is 5.92 Å². The fourth-order valence-corrected chi connectivity index (χ4v) is 4.40. The van der Waals surface area contributed by atoms with Crippen molar-refractivity contribution >= 4 is 5.91 Å². The van der Waals surface area contributed by atoms with Crippen LogP contribution in [0.2, 0.25) is 0 Å². The topological polar surface area (TPSA) is 72.8 Å². The van der Waals surface area contributed by atoms with Crippen molar-refractivity contribution in [2.45, 2.75) is 84.3 Å². The maximum Gasteiger partial charge on any atom is 0.226 e. The molecule has 0 bridgehead atoms. The number of carbonyl (C=O) groups excluding carboxylic acids is 1. The Balaban J connectivity index is 1.94. The molecule has 0 saturated carbocycles. The van der Waals surface area contributed by atoms with Crippen LogP contribution >= 0.6 is 0 Å². The van der Waals surface area contributed by atoms with E-state index < -0.39 is 0 Å². The predicted molar refractivity (Wildman–Crippen MR) is 117 cm³/mol. The molecule has 29 heavy (non-hydrogen) atoms. The second-order valence-corrected chi connectivity index (χ2v) is 9.76. The molecule has 1 saturated heterocycles. The van der Waals surface area contributed by atoms with E-state index in [4.69, 9.17) is 0 Å². The Morgan fingerprint density at radius 3 is 2.24 bits per heavy atom. The van der Waals surface area contributed by atoms with Gasteiger partial charge in [0.15, 0.2) is 0 Å². The van der Waals surface area contributed by atoms with Crippen molar-refractivity contribution < 1.29 is 15.1 Å². The maximum absolute atomic E-state index is 12.7. The number of carbonyl (C=O) groups is 1. The average Bonchev–Trinajstić information content (AvgIpc) is 2.63. The summed E-state index contributed by atoms with van der Waals surface area (Å²) in [5, 5.41) is 24.5. The van der Waals surface area contributed by atoms with Crippen LogP contribution in [-0.2, 0) is 11.2 Å². The lowest BCUT2D eigenvalue weighted by molar-refractivity contribution is -0.246. The number of nitrogens with one attached hydrogen (secondary N) is 1. The van der Waals surface area contributed by atoms with Gasteiger partial charge in [-0.3, -0.25) is 4.79 Å². The smallest absolute Gasteiger partial charge is 0.226 e. The van der Waals surface area contributed by atoms with Crippen molar-refractivity contribution in [2.24, 2.45) is 11.8 Å². The molecule has 0 radical (unpaired) electrons. The molecule has 1 amide bonds. The first kappa shape index (κ1) is 23.4. The molecule has 162 valence electrons. The Hall–Kier alpha value is -1.85. The molecular formula is C24H38N2O3. The molecule has 5 heteroatoms. The number of aromatic hydroxyl groups is 1. The SMILES string of the molecule is CCC(C=CC(C)C(=O)NC1CC(C)(C)N(O)C(C)(C)C1)Cc1ccc(O)cc1. The van der Waals surface area contributed by atoms with Crippen molar-refractivity contribution in [3.05, 3.63) is 42.0 Å². The van der Waals surface area contributed by atoms with Crippen molar-refractivity contribution in [2.75, 3.05) is 0 Å². The summed E-state index contributed by atoms with van der Waals surface area (Å²) in [7, 11) is 0. The van der Waals surface area contributed by atoms with Gasteiger partial charge in [-0.15, -0.1) is 0 Å². The second-order valence-electron chi connectivity index (χ2n) is 9.76. The van der Waals surface area contributed by atoms with E-state index in [2.05, 4.69) is 18.3 Å². The van der Waals surface area contributed by atoms with Gasteiger partial charge < -0.3 is 15.6 Å². The van der Waals surface area contributed by atoms with Crippen LogP contribution in [0.4, 0.5) is 0 Å². The zero-order valence-electron chi connectivity index (χ0n) is 18.8. The molecule has 3 N–H and O–H groups in total. The summed E-state index contributed by atoms with van der Waals surface area (Å²) in [6.45, 7) is 12.1. The molecule has 1 aromatic carbocycles. The number of hydrogen-bond acceptors (Lipinski definition) is 4. The Bertz CT molecular complexity index is 691. The lowest BCUT2D eigenvalue weighted by Crippen LogP contribution is -2.63. The third-order valence-corrected chi connectivity index (χ3v) is 6.03. The normalized spacial score (nSPS) is 21.8. The number of phenols is 1. The Kier molecular flexibility index (Phi) is 7.52. The van der Waals surface area contributed by atoms with E-state index in [0.717, 1.165) is 12.8 Å². The number of nitrogens with zero attached hydrogens (tertiary/aromatic N) is 1. The standard InChI is InChI=1S/C24H38N2O3/c1-7-18(14-19-10-12-21(27)13-11-19)9-8-17(2)22(28)25-20-15-23(3,4)26(29)24(5,6)16-20/h8-13,17-18,20,27,29H,7,14-16H2,1-6H3,(H,25,28). The molecule has 1 aliphatic heterocycles. The van der Waals surface area contributed by atoms with Gasteiger partial charge in [0.1, 0.15) is 5.75 Å². The highest BCUT2D eigenvalue weighted by Gasteiger charge is 2.45. The van der Waals surface area contributed by atoms with E-state index in [0.29, 0.717) is 18.8 Å². The van der Waals surface area contributed by atoms with Crippen LogP contribution in [-0.4, -0.2) is 38.4 Å². The summed E-state index contributed by atoms with van der Waals surface area (Å²) in [5.41, 5.74) is 0.420. The summed E-state index contributed by atoms with van der Waals surface area (Å²) >= 11 is 0. The molecule has 0 aromatic heterocycles. The van der Waals surface area contributed by atoms with Crippen molar-refractivity contribution in [3.63, 3.8) is 0 Å². The highest BCUT2D eigenvalue weighted by molar-refractivity contribution is 5.80. The monoisotopic (exact) mass is 402 g/mol. The fourth-order valence-electron chi connectivity index (χ4n) is 4.40. The summed E-state index contributed by atoms with van der Waals surface area (Å²) in [4.78, 5) is 12.7. The van der Waals surface area contributed by atoms with E-state index in [1.165, 1.54) is 10.6 Å². The molecule has 1 aliphatic rings. The molecule has 1 fully saturated rings. The zero-order chi connectivity index (χ0) is 21.8. The largest absolute Gasteiger partial charge is 0.508 e. The highest BCUT2D eigenvalue weighted by atomic mass is 16.5.